The highest BCUT2D eigenvalue weighted by molar-refractivity contribution is 5.87. The summed E-state index contributed by atoms with van der Waals surface area (Å²) in [5, 5.41) is 0. The summed E-state index contributed by atoms with van der Waals surface area (Å²) in [5.41, 5.74) is -0.382. The second kappa shape index (κ2) is 7.47. The zero-order chi connectivity index (χ0) is 19.9. The first-order valence-electron chi connectivity index (χ1n) is 11.1. The molecule has 0 saturated heterocycles. The normalized spacial score (nSPS) is 38.1. The summed E-state index contributed by atoms with van der Waals surface area (Å²) < 4.78 is 18.1. The third-order valence-corrected chi connectivity index (χ3v) is 7.21. The first kappa shape index (κ1) is 19.9. The molecule has 0 radical (unpaired) electrons. The largest absolute Gasteiger partial charge is 0.460 e. The van der Waals surface area contributed by atoms with Gasteiger partial charge in [0.25, 0.3) is 0 Å². The van der Waals surface area contributed by atoms with Crippen molar-refractivity contribution in [2.45, 2.75) is 108 Å². The highest BCUT2D eigenvalue weighted by Crippen LogP contribution is 2.60. The monoisotopic (exact) mass is 390 g/mol. The molecule has 0 aromatic carbocycles. The fraction of sp³-hybridized carbons (Fsp3) is 0.826. The van der Waals surface area contributed by atoms with Crippen LogP contribution in [0.2, 0.25) is 0 Å². The van der Waals surface area contributed by atoms with E-state index in [1.165, 1.54) is 12.8 Å². The van der Waals surface area contributed by atoms with Crippen LogP contribution in [-0.2, 0) is 23.8 Å². The molecule has 0 aromatic heterocycles. The van der Waals surface area contributed by atoms with E-state index in [1.807, 2.05) is 6.92 Å². The van der Waals surface area contributed by atoms with Crippen LogP contribution in [0.4, 0.5) is 0 Å². The molecule has 5 fully saturated rings. The van der Waals surface area contributed by atoms with Crippen LogP contribution < -0.4 is 0 Å². The maximum Gasteiger partial charge on any atom is 0.335 e. The van der Waals surface area contributed by atoms with Crippen molar-refractivity contribution >= 4 is 11.9 Å². The van der Waals surface area contributed by atoms with Crippen LogP contribution in [0.3, 0.4) is 0 Å². The van der Waals surface area contributed by atoms with Crippen molar-refractivity contribution in [3.63, 3.8) is 0 Å². The molecule has 5 aliphatic rings. The van der Waals surface area contributed by atoms with Crippen molar-refractivity contribution in [2.75, 3.05) is 0 Å². The summed E-state index contributed by atoms with van der Waals surface area (Å²) in [6.45, 7) is 7.24. The first-order valence-corrected chi connectivity index (χ1v) is 11.1. The van der Waals surface area contributed by atoms with Crippen LogP contribution in [0.1, 0.15) is 84.5 Å². The summed E-state index contributed by atoms with van der Waals surface area (Å²) >= 11 is 0. The van der Waals surface area contributed by atoms with Crippen LogP contribution in [0.5, 0.6) is 0 Å². The Hall–Kier alpha value is -1.36. The van der Waals surface area contributed by atoms with Crippen LogP contribution in [0.15, 0.2) is 12.2 Å². The minimum atomic E-state index is -0.577. The maximum atomic E-state index is 12.6. The van der Waals surface area contributed by atoms with Gasteiger partial charge in [-0.1, -0.05) is 13.0 Å². The summed E-state index contributed by atoms with van der Waals surface area (Å²) in [7, 11) is 0. The Bertz CT molecular complexity index is 633. The summed E-state index contributed by atoms with van der Waals surface area (Å²) in [6.07, 6.45) is 10.5. The molecule has 4 bridgehead atoms. The predicted octanol–water partition coefficient (Wildman–Crippen LogP) is 4.48. The van der Waals surface area contributed by atoms with Gasteiger partial charge in [-0.15, -0.1) is 0 Å². The van der Waals surface area contributed by atoms with Gasteiger partial charge in [0.2, 0.25) is 0 Å². The number of rotatable bonds is 6. The van der Waals surface area contributed by atoms with Crippen molar-refractivity contribution in [2.24, 2.45) is 11.8 Å². The van der Waals surface area contributed by atoms with Gasteiger partial charge in [0.15, 0.2) is 6.10 Å². The Balaban J connectivity index is 1.42. The molecule has 0 aliphatic heterocycles. The van der Waals surface area contributed by atoms with Gasteiger partial charge in [-0.25, -0.2) is 9.59 Å². The molecule has 0 amide bonds. The first-order chi connectivity index (χ1) is 13.3. The van der Waals surface area contributed by atoms with Gasteiger partial charge in [-0.2, -0.15) is 0 Å². The maximum absolute atomic E-state index is 12.6. The quantitative estimate of drug-likeness (QED) is 0.494. The topological polar surface area (TPSA) is 61.8 Å². The lowest BCUT2D eigenvalue weighted by Gasteiger charge is -2.61. The Morgan fingerprint density at radius 2 is 1.61 bits per heavy atom. The average molecular weight is 391 g/mol. The van der Waals surface area contributed by atoms with Gasteiger partial charge in [0.05, 0.1) is 5.60 Å². The molecular formula is C23H34O5. The predicted molar refractivity (Wildman–Crippen MR) is 105 cm³/mol. The molecule has 5 aliphatic carbocycles. The molecule has 28 heavy (non-hydrogen) atoms. The van der Waals surface area contributed by atoms with E-state index in [0.29, 0.717) is 23.8 Å². The smallest absolute Gasteiger partial charge is 0.335 e. The number of hydrogen-bond acceptors (Lipinski definition) is 5. The molecule has 0 spiro atoms. The van der Waals surface area contributed by atoms with E-state index in [-0.39, 0.29) is 23.6 Å². The van der Waals surface area contributed by atoms with Crippen LogP contribution in [0.25, 0.3) is 0 Å². The SMILES string of the molecule is C=C(C)C(=O)OC12CC3CC(C1)CC(OC(C)C(=O)OC1CCCCC1)(C3)C2. The number of esters is 2. The van der Waals surface area contributed by atoms with Crippen LogP contribution in [-0.4, -0.2) is 35.3 Å². The minimum absolute atomic E-state index is 0.0477. The third kappa shape index (κ3) is 4.00. The highest BCUT2D eigenvalue weighted by Gasteiger charge is 2.61. The van der Waals surface area contributed by atoms with Crippen LogP contribution in [0, 0.1) is 11.8 Å². The fourth-order valence-corrected chi connectivity index (χ4v) is 6.50. The fourth-order valence-electron chi connectivity index (χ4n) is 6.50. The molecule has 0 aromatic rings. The summed E-state index contributed by atoms with van der Waals surface area (Å²) in [5.74, 6) is 0.457. The Morgan fingerprint density at radius 3 is 2.21 bits per heavy atom. The van der Waals surface area contributed by atoms with Crippen molar-refractivity contribution in [3.05, 3.63) is 12.2 Å². The molecule has 3 unspecified atom stereocenters. The molecular weight excluding hydrogens is 356 g/mol. The van der Waals surface area contributed by atoms with E-state index >= 15 is 0 Å². The van der Waals surface area contributed by atoms with E-state index in [2.05, 4.69) is 6.58 Å². The van der Waals surface area contributed by atoms with Gasteiger partial charge in [0.1, 0.15) is 11.7 Å². The lowest BCUT2D eigenvalue weighted by Crippen LogP contribution is -2.62. The Morgan fingerprint density at radius 1 is 1.00 bits per heavy atom. The number of carbonyl (C=O) groups excluding carboxylic acids is 2. The van der Waals surface area contributed by atoms with Gasteiger partial charge < -0.3 is 14.2 Å². The zero-order valence-corrected chi connectivity index (χ0v) is 17.3. The summed E-state index contributed by atoms with van der Waals surface area (Å²) in [6, 6.07) is 0. The Kier molecular flexibility index (Phi) is 5.32. The van der Waals surface area contributed by atoms with Crippen LogP contribution >= 0.6 is 0 Å². The molecule has 5 saturated carbocycles. The summed E-state index contributed by atoms with van der Waals surface area (Å²) in [4.78, 5) is 24.9. The Labute approximate surface area is 168 Å². The molecule has 5 rings (SSSR count). The van der Waals surface area contributed by atoms with E-state index in [9.17, 15) is 9.59 Å². The van der Waals surface area contributed by atoms with Gasteiger partial charge in [-0.3, -0.25) is 0 Å². The van der Waals surface area contributed by atoms with E-state index < -0.39 is 11.7 Å². The molecule has 0 N–H and O–H groups in total. The lowest BCUT2D eigenvalue weighted by molar-refractivity contribution is -0.245. The number of carbonyl (C=O) groups is 2. The molecule has 0 heterocycles. The van der Waals surface area contributed by atoms with E-state index in [1.54, 1.807) is 6.92 Å². The number of hydrogen-bond donors (Lipinski definition) is 0. The molecule has 3 atom stereocenters. The van der Waals surface area contributed by atoms with Crippen molar-refractivity contribution in [1.82, 2.24) is 0 Å². The molecule has 5 heteroatoms. The van der Waals surface area contributed by atoms with Crippen molar-refractivity contribution in [1.29, 1.82) is 0 Å². The second-order valence-electron chi connectivity index (χ2n) is 9.95. The third-order valence-electron chi connectivity index (χ3n) is 7.21. The average Bonchev–Trinajstić information content (AvgIpc) is 2.60. The van der Waals surface area contributed by atoms with Gasteiger partial charge in [-0.05, 0) is 83.5 Å². The zero-order valence-electron chi connectivity index (χ0n) is 17.3. The van der Waals surface area contributed by atoms with E-state index in [0.717, 1.165) is 51.4 Å². The molecule has 5 nitrogen and oxygen atoms in total. The van der Waals surface area contributed by atoms with Crippen molar-refractivity contribution < 1.29 is 23.8 Å². The minimum Gasteiger partial charge on any atom is -0.460 e. The second-order valence-corrected chi connectivity index (χ2v) is 9.95. The standard InChI is InChI=1S/C23H34O5/c1-15(2)20(24)28-23-12-17-9-18(13-23)11-22(10-17,14-23)27-16(3)21(25)26-19-7-5-4-6-8-19/h16-19H,1,4-14H2,2-3H3. The lowest BCUT2D eigenvalue weighted by atomic mass is 9.52. The van der Waals surface area contributed by atoms with Crippen molar-refractivity contribution in [3.8, 4) is 0 Å². The number of ether oxygens (including phenoxy) is 3. The molecule has 156 valence electrons. The van der Waals surface area contributed by atoms with E-state index in [4.69, 9.17) is 14.2 Å². The van der Waals surface area contributed by atoms with Gasteiger partial charge in [0, 0.05) is 12.0 Å². The highest BCUT2D eigenvalue weighted by atomic mass is 16.6. The van der Waals surface area contributed by atoms with Gasteiger partial charge >= 0.3 is 11.9 Å².